The quantitative estimate of drug-likeness (QED) is 0.314. The topological polar surface area (TPSA) is 25.8 Å². The third-order valence-corrected chi connectivity index (χ3v) is 6.75. The maximum absolute atomic E-state index is 4.94. The third-order valence-electron chi connectivity index (χ3n) is 6.75. The summed E-state index contributed by atoms with van der Waals surface area (Å²) in [5.41, 5.74) is 5.26. The average Bonchev–Trinajstić information content (AvgIpc) is 2.79. The Labute approximate surface area is 184 Å². The molecular weight excluding hydrogens is 364 g/mol. The molecule has 2 heteroatoms. The Morgan fingerprint density at radius 1 is 0.833 bits per heavy atom. The predicted octanol–water partition coefficient (Wildman–Crippen LogP) is 8.12. The van der Waals surface area contributed by atoms with Gasteiger partial charge in [-0.25, -0.2) is 9.97 Å². The van der Waals surface area contributed by atoms with Crippen LogP contribution in [0.4, 0.5) is 0 Å². The first-order valence-corrected chi connectivity index (χ1v) is 12.7. The lowest BCUT2D eigenvalue weighted by Gasteiger charge is -2.24. The van der Waals surface area contributed by atoms with E-state index in [1.165, 1.54) is 107 Å². The Morgan fingerprint density at radius 2 is 1.53 bits per heavy atom. The monoisotopic (exact) mass is 406 g/mol. The lowest BCUT2D eigenvalue weighted by Crippen LogP contribution is -2.16. The molecule has 0 spiro atoms. The van der Waals surface area contributed by atoms with Crippen LogP contribution in [0.3, 0.4) is 0 Å². The van der Waals surface area contributed by atoms with Crippen molar-refractivity contribution in [3.63, 3.8) is 0 Å². The van der Waals surface area contributed by atoms with E-state index in [0.717, 1.165) is 23.7 Å². The maximum Gasteiger partial charge on any atom is 0.159 e. The first-order valence-electron chi connectivity index (χ1n) is 12.7. The van der Waals surface area contributed by atoms with E-state index in [0.29, 0.717) is 0 Å². The molecule has 1 unspecified atom stereocenters. The fourth-order valence-electron chi connectivity index (χ4n) is 4.74. The Kier molecular flexibility index (Phi) is 9.86. The van der Waals surface area contributed by atoms with E-state index in [4.69, 9.17) is 9.97 Å². The van der Waals surface area contributed by atoms with Gasteiger partial charge in [0.2, 0.25) is 0 Å². The second-order valence-electron chi connectivity index (χ2n) is 9.34. The standard InChI is InChI=1S/C28H42N2/c1-3-5-7-8-9-10-11-12-14-24-17-20-27-26(21-24)22-29-28(30-27)25-18-15-23(16-19-25)13-6-4-2/h15-16,18-19,22,24H,3-14,17,20-21H2,1-2H3. The predicted molar refractivity (Wildman–Crippen MR) is 129 cm³/mol. The molecule has 2 aromatic rings. The normalized spacial score (nSPS) is 15.9. The zero-order valence-electron chi connectivity index (χ0n) is 19.5. The van der Waals surface area contributed by atoms with Gasteiger partial charge < -0.3 is 0 Å². The molecule has 1 aromatic carbocycles. The molecule has 2 nitrogen and oxygen atoms in total. The van der Waals surface area contributed by atoms with Crippen LogP contribution in [0.15, 0.2) is 30.5 Å². The molecule has 0 bridgehead atoms. The highest BCUT2D eigenvalue weighted by atomic mass is 14.9. The summed E-state index contributed by atoms with van der Waals surface area (Å²) in [5.74, 6) is 1.74. The van der Waals surface area contributed by atoms with Gasteiger partial charge in [-0.15, -0.1) is 0 Å². The summed E-state index contributed by atoms with van der Waals surface area (Å²) in [7, 11) is 0. The zero-order chi connectivity index (χ0) is 21.0. The SMILES string of the molecule is CCCCCCCCCCC1CCc2nc(-c3ccc(CCCC)cc3)ncc2C1. The van der Waals surface area contributed by atoms with Crippen LogP contribution in [0.2, 0.25) is 0 Å². The molecule has 3 rings (SSSR count). The molecule has 164 valence electrons. The fourth-order valence-corrected chi connectivity index (χ4v) is 4.74. The van der Waals surface area contributed by atoms with E-state index >= 15 is 0 Å². The highest BCUT2D eigenvalue weighted by Crippen LogP contribution is 2.29. The molecule has 1 atom stereocenters. The molecular formula is C28H42N2. The Morgan fingerprint density at radius 3 is 2.27 bits per heavy atom. The number of rotatable bonds is 13. The molecule has 0 saturated heterocycles. The smallest absolute Gasteiger partial charge is 0.159 e. The van der Waals surface area contributed by atoms with Gasteiger partial charge in [-0.3, -0.25) is 0 Å². The molecule has 0 aliphatic heterocycles. The van der Waals surface area contributed by atoms with Gasteiger partial charge in [-0.05, 0) is 49.1 Å². The van der Waals surface area contributed by atoms with Crippen LogP contribution in [0, 0.1) is 5.92 Å². The van der Waals surface area contributed by atoms with Crippen LogP contribution >= 0.6 is 0 Å². The molecule has 0 fully saturated rings. The number of unbranched alkanes of at least 4 members (excludes halogenated alkanes) is 8. The Bertz CT molecular complexity index is 735. The van der Waals surface area contributed by atoms with Crippen molar-refractivity contribution >= 4 is 0 Å². The molecule has 1 aliphatic carbocycles. The Hall–Kier alpha value is -1.70. The van der Waals surface area contributed by atoms with Crippen LogP contribution in [0.1, 0.15) is 108 Å². The van der Waals surface area contributed by atoms with Crippen LogP contribution in [-0.2, 0) is 19.3 Å². The number of hydrogen-bond acceptors (Lipinski definition) is 2. The second kappa shape index (κ2) is 12.9. The average molecular weight is 407 g/mol. The van der Waals surface area contributed by atoms with Gasteiger partial charge in [0, 0.05) is 17.5 Å². The fraction of sp³-hybridized carbons (Fsp3) is 0.643. The summed E-state index contributed by atoms with van der Waals surface area (Å²) < 4.78 is 0. The molecule has 1 heterocycles. The summed E-state index contributed by atoms with van der Waals surface area (Å²) in [4.78, 5) is 9.67. The first-order chi connectivity index (χ1) is 14.8. The summed E-state index contributed by atoms with van der Waals surface area (Å²) in [5, 5.41) is 0. The van der Waals surface area contributed by atoms with Gasteiger partial charge >= 0.3 is 0 Å². The van der Waals surface area contributed by atoms with Gasteiger partial charge in [0.15, 0.2) is 5.82 Å². The van der Waals surface area contributed by atoms with Gasteiger partial charge in [-0.1, -0.05) is 102 Å². The van der Waals surface area contributed by atoms with Crippen molar-refractivity contribution in [3.8, 4) is 11.4 Å². The van der Waals surface area contributed by atoms with Crippen LogP contribution in [-0.4, -0.2) is 9.97 Å². The number of hydrogen-bond donors (Lipinski definition) is 0. The van der Waals surface area contributed by atoms with Crippen LogP contribution in [0.25, 0.3) is 11.4 Å². The molecule has 1 aromatic heterocycles. The largest absolute Gasteiger partial charge is 0.236 e. The highest BCUT2D eigenvalue weighted by molar-refractivity contribution is 5.55. The van der Waals surface area contributed by atoms with Crippen molar-refractivity contribution in [1.82, 2.24) is 9.97 Å². The molecule has 0 radical (unpaired) electrons. The lowest BCUT2D eigenvalue weighted by atomic mass is 9.84. The van der Waals surface area contributed by atoms with Gasteiger partial charge in [0.05, 0.1) is 0 Å². The second-order valence-corrected chi connectivity index (χ2v) is 9.34. The highest BCUT2D eigenvalue weighted by Gasteiger charge is 2.20. The number of aromatic nitrogens is 2. The van der Waals surface area contributed by atoms with Gasteiger partial charge in [0.1, 0.15) is 0 Å². The summed E-state index contributed by atoms with van der Waals surface area (Å²) in [6.45, 7) is 4.54. The van der Waals surface area contributed by atoms with Crippen molar-refractivity contribution in [2.45, 2.75) is 110 Å². The summed E-state index contributed by atoms with van der Waals surface area (Å²) >= 11 is 0. The molecule has 0 saturated carbocycles. The van der Waals surface area contributed by atoms with Crippen molar-refractivity contribution in [1.29, 1.82) is 0 Å². The minimum absolute atomic E-state index is 0.838. The van der Waals surface area contributed by atoms with Crippen molar-refractivity contribution < 1.29 is 0 Å². The van der Waals surface area contributed by atoms with Crippen LogP contribution in [0.5, 0.6) is 0 Å². The Balaban J connectivity index is 1.44. The van der Waals surface area contributed by atoms with Crippen LogP contribution < -0.4 is 0 Å². The zero-order valence-corrected chi connectivity index (χ0v) is 19.5. The maximum atomic E-state index is 4.94. The molecule has 1 aliphatic rings. The van der Waals surface area contributed by atoms with E-state index in [-0.39, 0.29) is 0 Å². The lowest BCUT2D eigenvalue weighted by molar-refractivity contribution is 0.399. The number of aryl methyl sites for hydroxylation is 2. The van der Waals surface area contributed by atoms with E-state index in [1.807, 2.05) is 0 Å². The van der Waals surface area contributed by atoms with Crippen molar-refractivity contribution in [2.75, 3.05) is 0 Å². The van der Waals surface area contributed by atoms with Gasteiger partial charge in [-0.2, -0.15) is 0 Å². The van der Waals surface area contributed by atoms with E-state index < -0.39 is 0 Å². The number of fused-ring (bicyclic) bond motifs is 1. The summed E-state index contributed by atoms with van der Waals surface area (Å²) in [6, 6.07) is 8.88. The minimum Gasteiger partial charge on any atom is -0.236 e. The molecule has 0 amide bonds. The number of nitrogens with zero attached hydrogens (tertiary/aromatic N) is 2. The first kappa shape index (κ1) is 23.0. The van der Waals surface area contributed by atoms with Crippen molar-refractivity contribution in [3.05, 3.63) is 47.3 Å². The minimum atomic E-state index is 0.838. The van der Waals surface area contributed by atoms with Crippen molar-refractivity contribution in [2.24, 2.45) is 5.92 Å². The third kappa shape index (κ3) is 7.22. The van der Waals surface area contributed by atoms with Gasteiger partial charge in [0.25, 0.3) is 0 Å². The summed E-state index contributed by atoms with van der Waals surface area (Å²) in [6.07, 6.45) is 22.1. The van der Waals surface area contributed by atoms with E-state index in [9.17, 15) is 0 Å². The van der Waals surface area contributed by atoms with E-state index in [1.54, 1.807) is 0 Å². The molecule has 0 N–H and O–H groups in total. The van der Waals surface area contributed by atoms with E-state index in [2.05, 4.69) is 44.3 Å². The molecule has 30 heavy (non-hydrogen) atoms. The number of benzene rings is 1.